The van der Waals surface area contributed by atoms with E-state index in [1.165, 1.54) is 12.1 Å². The second-order valence-electron chi connectivity index (χ2n) is 4.27. The Morgan fingerprint density at radius 3 is 2.94 bits per heavy atom. The molecule has 2 aromatic rings. The van der Waals surface area contributed by atoms with Crippen LogP contribution < -0.4 is 5.32 Å². The van der Waals surface area contributed by atoms with E-state index in [9.17, 15) is 4.39 Å². The van der Waals surface area contributed by atoms with Crippen molar-refractivity contribution in [3.8, 4) is 0 Å². The molecular weight excluding hydrogens is 237 g/mol. The quantitative estimate of drug-likeness (QED) is 0.861. The fourth-order valence-electron chi connectivity index (χ4n) is 2.09. The molecule has 0 aliphatic carbocycles. The fourth-order valence-corrected chi connectivity index (χ4v) is 3.19. The SMILES string of the molecule is Fc1ccc2nc(SC3CCNCC3)[nH]c2c1. The summed E-state index contributed by atoms with van der Waals surface area (Å²) >= 11 is 1.77. The molecule has 0 atom stereocenters. The standard InChI is InChI=1S/C12H14FN3S/c13-8-1-2-10-11(7-8)16-12(15-10)17-9-3-5-14-6-4-9/h1-2,7,9,14H,3-6H2,(H,15,16). The van der Waals surface area contributed by atoms with Crippen LogP contribution in [0.5, 0.6) is 0 Å². The second kappa shape index (κ2) is 4.66. The molecule has 0 bridgehead atoms. The molecule has 1 saturated heterocycles. The summed E-state index contributed by atoms with van der Waals surface area (Å²) in [6.45, 7) is 2.15. The summed E-state index contributed by atoms with van der Waals surface area (Å²) in [6, 6.07) is 4.66. The Balaban J connectivity index is 1.80. The van der Waals surface area contributed by atoms with Crippen molar-refractivity contribution >= 4 is 22.8 Å². The number of hydrogen-bond donors (Lipinski definition) is 2. The Morgan fingerprint density at radius 1 is 1.29 bits per heavy atom. The van der Waals surface area contributed by atoms with Crippen molar-refractivity contribution in [2.45, 2.75) is 23.2 Å². The van der Waals surface area contributed by atoms with Crippen molar-refractivity contribution in [1.82, 2.24) is 15.3 Å². The number of halogens is 1. The van der Waals surface area contributed by atoms with Crippen LogP contribution >= 0.6 is 11.8 Å². The molecule has 1 aromatic heterocycles. The highest BCUT2D eigenvalue weighted by atomic mass is 32.2. The molecule has 0 unspecified atom stereocenters. The first-order chi connectivity index (χ1) is 8.31. The molecule has 2 heterocycles. The third-order valence-electron chi connectivity index (χ3n) is 2.99. The van der Waals surface area contributed by atoms with Crippen molar-refractivity contribution in [2.75, 3.05) is 13.1 Å². The second-order valence-corrected chi connectivity index (χ2v) is 5.56. The number of benzene rings is 1. The fraction of sp³-hybridized carbons (Fsp3) is 0.417. The third kappa shape index (κ3) is 2.45. The minimum absolute atomic E-state index is 0.223. The summed E-state index contributed by atoms with van der Waals surface area (Å²) in [4.78, 5) is 7.64. The zero-order valence-electron chi connectivity index (χ0n) is 9.37. The van der Waals surface area contributed by atoms with Gasteiger partial charge in [-0.05, 0) is 44.1 Å². The van der Waals surface area contributed by atoms with Crippen molar-refractivity contribution in [1.29, 1.82) is 0 Å². The molecule has 0 saturated carbocycles. The number of H-pyrrole nitrogens is 1. The van der Waals surface area contributed by atoms with Crippen molar-refractivity contribution in [3.05, 3.63) is 24.0 Å². The first-order valence-corrected chi connectivity index (χ1v) is 6.72. The van der Waals surface area contributed by atoms with Crippen LogP contribution in [0, 0.1) is 5.82 Å². The van der Waals surface area contributed by atoms with Crippen molar-refractivity contribution in [2.24, 2.45) is 0 Å². The first-order valence-electron chi connectivity index (χ1n) is 5.84. The zero-order valence-corrected chi connectivity index (χ0v) is 10.2. The van der Waals surface area contributed by atoms with E-state index in [1.807, 2.05) is 0 Å². The van der Waals surface area contributed by atoms with E-state index in [1.54, 1.807) is 17.8 Å². The first kappa shape index (κ1) is 11.0. The summed E-state index contributed by atoms with van der Waals surface area (Å²) in [5.41, 5.74) is 1.62. The van der Waals surface area contributed by atoms with E-state index in [2.05, 4.69) is 15.3 Å². The van der Waals surface area contributed by atoms with Crippen LogP contribution in [0.1, 0.15) is 12.8 Å². The minimum atomic E-state index is -0.223. The van der Waals surface area contributed by atoms with Gasteiger partial charge in [0.2, 0.25) is 0 Å². The Hall–Kier alpha value is -1.07. The molecule has 17 heavy (non-hydrogen) atoms. The molecule has 1 aromatic carbocycles. The largest absolute Gasteiger partial charge is 0.333 e. The molecule has 0 radical (unpaired) electrons. The highest BCUT2D eigenvalue weighted by Crippen LogP contribution is 2.28. The molecule has 1 fully saturated rings. The number of rotatable bonds is 2. The van der Waals surface area contributed by atoms with Gasteiger partial charge in [0.15, 0.2) is 5.16 Å². The number of nitrogens with one attached hydrogen (secondary N) is 2. The summed E-state index contributed by atoms with van der Waals surface area (Å²) < 4.78 is 13.0. The highest BCUT2D eigenvalue weighted by molar-refractivity contribution is 7.99. The normalized spacial score (nSPS) is 17.7. The lowest BCUT2D eigenvalue weighted by atomic mass is 10.2. The lowest BCUT2D eigenvalue weighted by molar-refractivity contribution is 0.531. The lowest BCUT2D eigenvalue weighted by Crippen LogP contribution is -2.29. The molecule has 0 spiro atoms. The Labute approximate surface area is 103 Å². The molecule has 0 amide bonds. The number of piperidine rings is 1. The topological polar surface area (TPSA) is 40.7 Å². The molecule has 2 N–H and O–H groups in total. The van der Waals surface area contributed by atoms with E-state index >= 15 is 0 Å². The minimum Gasteiger partial charge on any atom is -0.333 e. The summed E-state index contributed by atoms with van der Waals surface area (Å²) in [5, 5.41) is 4.85. The predicted octanol–water partition coefficient (Wildman–Crippen LogP) is 2.55. The Morgan fingerprint density at radius 2 is 2.12 bits per heavy atom. The van der Waals surface area contributed by atoms with E-state index in [0.717, 1.165) is 42.1 Å². The maximum absolute atomic E-state index is 13.0. The molecule has 1 aliphatic heterocycles. The maximum atomic E-state index is 13.0. The van der Waals surface area contributed by atoms with Gasteiger partial charge in [0.1, 0.15) is 5.82 Å². The van der Waals surface area contributed by atoms with Gasteiger partial charge in [-0.1, -0.05) is 11.8 Å². The van der Waals surface area contributed by atoms with Crippen LogP contribution in [0.3, 0.4) is 0 Å². The van der Waals surface area contributed by atoms with Crippen molar-refractivity contribution < 1.29 is 4.39 Å². The van der Waals surface area contributed by atoms with Gasteiger partial charge >= 0.3 is 0 Å². The molecule has 3 nitrogen and oxygen atoms in total. The van der Waals surface area contributed by atoms with E-state index in [0.29, 0.717) is 5.25 Å². The van der Waals surface area contributed by atoms with Crippen LogP contribution in [-0.2, 0) is 0 Å². The smallest absolute Gasteiger partial charge is 0.166 e. The van der Waals surface area contributed by atoms with Gasteiger partial charge in [0.05, 0.1) is 11.0 Å². The number of nitrogens with zero attached hydrogens (tertiary/aromatic N) is 1. The van der Waals surface area contributed by atoms with Crippen LogP contribution in [0.2, 0.25) is 0 Å². The average Bonchev–Trinajstić information content (AvgIpc) is 2.71. The third-order valence-corrected chi connectivity index (χ3v) is 4.21. The average molecular weight is 251 g/mol. The monoisotopic (exact) mass is 251 g/mol. The van der Waals surface area contributed by atoms with Gasteiger partial charge < -0.3 is 10.3 Å². The molecule has 90 valence electrons. The number of aromatic nitrogens is 2. The van der Waals surface area contributed by atoms with Gasteiger partial charge in [0, 0.05) is 5.25 Å². The summed E-state index contributed by atoms with van der Waals surface area (Å²) in [6.07, 6.45) is 2.33. The highest BCUT2D eigenvalue weighted by Gasteiger charge is 2.16. The number of fused-ring (bicyclic) bond motifs is 1. The maximum Gasteiger partial charge on any atom is 0.166 e. The summed E-state index contributed by atoms with van der Waals surface area (Å²) in [7, 11) is 0. The molecular formula is C12H14FN3S. The molecule has 3 rings (SSSR count). The van der Waals surface area contributed by atoms with Crippen molar-refractivity contribution in [3.63, 3.8) is 0 Å². The van der Waals surface area contributed by atoms with Gasteiger partial charge in [-0.15, -0.1) is 0 Å². The Bertz CT molecular complexity index is 519. The number of thioether (sulfide) groups is 1. The van der Waals surface area contributed by atoms with Gasteiger partial charge in [-0.3, -0.25) is 0 Å². The van der Waals surface area contributed by atoms with Crippen LogP contribution in [0.4, 0.5) is 4.39 Å². The summed E-state index contributed by atoms with van der Waals surface area (Å²) in [5.74, 6) is -0.223. The Kier molecular flexibility index (Phi) is 3.03. The van der Waals surface area contributed by atoms with E-state index in [-0.39, 0.29) is 5.82 Å². The van der Waals surface area contributed by atoms with E-state index in [4.69, 9.17) is 0 Å². The van der Waals surface area contributed by atoms with Gasteiger partial charge in [-0.2, -0.15) is 0 Å². The number of aromatic amines is 1. The van der Waals surface area contributed by atoms with Crippen LogP contribution in [-0.4, -0.2) is 28.3 Å². The van der Waals surface area contributed by atoms with Gasteiger partial charge in [-0.25, -0.2) is 9.37 Å². The molecule has 1 aliphatic rings. The zero-order chi connectivity index (χ0) is 11.7. The molecule has 5 heteroatoms. The van der Waals surface area contributed by atoms with E-state index < -0.39 is 0 Å². The lowest BCUT2D eigenvalue weighted by Gasteiger charge is -2.20. The predicted molar refractivity (Wildman–Crippen MR) is 67.8 cm³/mol. The van der Waals surface area contributed by atoms with Crippen LogP contribution in [0.15, 0.2) is 23.4 Å². The number of imidazole rings is 1. The number of hydrogen-bond acceptors (Lipinski definition) is 3. The van der Waals surface area contributed by atoms with Gasteiger partial charge in [0.25, 0.3) is 0 Å². The van der Waals surface area contributed by atoms with Crippen LogP contribution in [0.25, 0.3) is 11.0 Å².